The zero-order chi connectivity index (χ0) is 15.0. The van der Waals surface area contributed by atoms with Crippen LogP contribution in [0.15, 0.2) is 18.2 Å². The van der Waals surface area contributed by atoms with E-state index in [1.807, 2.05) is 39.0 Å². The van der Waals surface area contributed by atoms with Crippen molar-refractivity contribution >= 4 is 11.7 Å². The van der Waals surface area contributed by atoms with E-state index in [1.165, 1.54) is 0 Å². The molecule has 1 atom stereocenters. The van der Waals surface area contributed by atoms with Gasteiger partial charge >= 0.3 is 6.03 Å². The highest BCUT2D eigenvalue weighted by Crippen LogP contribution is 2.25. The van der Waals surface area contributed by atoms with Crippen LogP contribution in [0.5, 0.6) is 5.75 Å². The van der Waals surface area contributed by atoms with E-state index in [0.29, 0.717) is 24.7 Å². The van der Waals surface area contributed by atoms with Gasteiger partial charge in [-0.3, -0.25) is 0 Å². The van der Waals surface area contributed by atoms with Gasteiger partial charge in [0.05, 0.1) is 24.9 Å². The van der Waals surface area contributed by atoms with Gasteiger partial charge in [0.25, 0.3) is 0 Å². The van der Waals surface area contributed by atoms with Crippen molar-refractivity contribution < 1.29 is 14.3 Å². The maximum atomic E-state index is 11.9. The minimum Gasteiger partial charge on any atom is -0.491 e. The summed E-state index contributed by atoms with van der Waals surface area (Å²) >= 11 is 0. The summed E-state index contributed by atoms with van der Waals surface area (Å²) in [5.74, 6) is 0.696. The molecular weight excluding hydrogens is 256 g/mol. The van der Waals surface area contributed by atoms with Crippen LogP contribution in [0.2, 0.25) is 0 Å². The minimum atomic E-state index is -0.264. The third-order valence-electron chi connectivity index (χ3n) is 2.64. The van der Waals surface area contributed by atoms with E-state index in [9.17, 15) is 4.79 Å². The first kappa shape index (κ1) is 16.3. The van der Waals surface area contributed by atoms with E-state index in [1.54, 1.807) is 7.11 Å². The Kier molecular flexibility index (Phi) is 6.87. The summed E-state index contributed by atoms with van der Waals surface area (Å²) in [5, 5.41) is 5.60. The van der Waals surface area contributed by atoms with Crippen molar-refractivity contribution in [3.05, 3.63) is 23.8 Å². The fraction of sp³-hybridized carbons (Fsp3) is 0.533. The second-order valence-corrected chi connectivity index (χ2v) is 4.80. The van der Waals surface area contributed by atoms with Crippen molar-refractivity contribution in [2.24, 2.45) is 0 Å². The highest BCUT2D eigenvalue weighted by Gasteiger charge is 2.10. The lowest BCUT2D eigenvalue weighted by atomic mass is 10.2. The fourth-order valence-electron chi connectivity index (χ4n) is 1.74. The van der Waals surface area contributed by atoms with Crippen LogP contribution in [-0.2, 0) is 4.74 Å². The summed E-state index contributed by atoms with van der Waals surface area (Å²) in [7, 11) is 1.60. The van der Waals surface area contributed by atoms with Crippen LogP contribution in [-0.4, -0.2) is 32.4 Å². The summed E-state index contributed by atoms with van der Waals surface area (Å²) in [6.07, 6.45) is 0.921. The molecule has 1 aromatic carbocycles. The lowest BCUT2D eigenvalue weighted by Crippen LogP contribution is -2.38. The monoisotopic (exact) mass is 280 g/mol. The van der Waals surface area contributed by atoms with E-state index in [2.05, 4.69) is 10.6 Å². The molecule has 0 radical (unpaired) electrons. The number of rotatable bonds is 7. The summed E-state index contributed by atoms with van der Waals surface area (Å²) in [6, 6.07) is 5.39. The molecule has 2 amide bonds. The van der Waals surface area contributed by atoms with Crippen molar-refractivity contribution in [2.45, 2.75) is 33.2 Å². The predicted molar refractivity (Wildman–Crippen MR) is 80.5 cm³/mol. The molecule has 0 aliphatic rings. The molecule has 0 spiro atoms. The Balaban J connectivity index is 2.68. The smallest absolute Gasteiger partial charge is 0.319 e. The number of carbonyl (C=O) groups is 1. The average molecular weight is 280 g/mol. The molecule has 0 saturated carbocycles. The molecule has 5 nitrogen and oxygen atoms in total. The number of amides is 2. The molecule has 1 rings (SSSR count). The number of hydrogen-bond acceptors (Lipinski definition) is 3. The molecule has 5 heteroatoms. The molecule has 0 heterocycles. The van der Waals surface area contributed by atoms with Gasteiger partial charge in [0.2, 0.25) is 0 Å². The van der Waals surface area contributed by atoms with Crippen LogP contribution in [0.3, 0.4) is 0 Å². The number of nitrogens with one attached hydrogen (secondary N) is 2. The Morgan fingerprint density at radius 2 is 2.15 bits per heavy atom. The third kappa shape index (κ3) is 5.48. The van der Waals surface area contributed by atoms with Gasteiger partial charge in [-0.25, -0.2) is 4.79 Å². The first-order chi connectivity index (χ1) is 9.56. The van der Waals surface area contributed by atoms with Crippen molar-refractivity contribution in [1.29, 1.82) is 0 Å². The highest BCUT2D eigenvalue weighted by molar-refractivity contribution is 5.91. The number of methoxy groups -OCH3 is 1. The lowest BCUT2D eigenvalue weighted by molar-refractivity contribution is 0.173. The fourth-order valence-corrected chi connectivity index (χ4v) is 1.74. The van der Waals surface area contributed by atoms with Crippen LogP contribution >= 0.6 is 0 Å². The molecule has 0 aromatic heterocycles. The Hall–Kier alpha value is -1.75. The summed E-state index contributed by atoms with van der Waals surface area (Å²) in [5.41, 5.74) is 1.76. The Bertz CT molecular complexity index is 435. The molecule has 0 aliphatic heterocycles. The minimum absolute atomic E-state index is 0.0505. The van der Waals surface area contributed by atoms with Gasteiger partial charge in [0.1, 0.15) is 5.75 Å². The van der Waals surface area contributed by atoms with Crippen molar-refractivity contribution in [2.75, 3.05) is 25.6 Å². The normalized spacial score (nSPS) is 11.8. The van der Waals surface area contributed by atoms with Crippen LogP contribution in [0.25, 0.3) is 0 Å². The van der Waals surface area contributed by atoms with Crippen LogP contribution in [0.1, 0.15) is 25.8 Å². The maximum Gasteiger partial charge on any atom is 0.319 e. The number of benzene rings is 1. The van der Waals surface area contributed by atoms with Crippen molar-refractivity contribution in [3.63, 3.8) is 0 Å². The second-order valence-electron chi connectivity index (χ2n) is 4.80. The first-order valence-corrected chi connectivity index (χ1v) is 6.86. The number of ether oxygens (including phenoxy) is 2. The molecule has 2 N–H and O–H groups in total. The Morgan fingerprint density at radius 3 is 2.80 bits per heavy atom. The van der Waals surface area contributed by atoms with Gasteiger partial charge in [0, 0.05) is 7.11 Å². The zero-order valence-corrected chi connectivity index (χ0v) is 12.7. The molecule has 1 aromatic rings. The number of carbonyl (C=O) groups excluding carboxylic acids is 1. The standard InChI is InChI=1S/C15H24N2O3/c1-5-8-20-14-9-11(2)6-7-13(14)17-15(18)16-12(3)10-19-4/h6-7,9,12H,5,8,10H2,1-4H3,(H2,16,17,18). The molecule has 0 saturated heterocycles. The Labute approximate surface area is 120 Å². The third-order valence-corrected chi connectivity index (χ3v) is 2.64. The van der Waals surface area contributed by atoms with E-state index in [-0.39, 0.29) is 12.1 Å². The average Bonchev–Trinajstić information content (AvgIpc) is 2.39. The number of aryl methyl sites for hydroxylation is 1. The summed E-state index contributed by atoms with van der Waals surface area (Å²) < 4.78 is 10.6. The van der Waals surface area contributed by atoms with Gasteiger partial charge in [-0.15, -0.1) is 0 Å². The van der Waals surface area contributed by atoms with Crippen LogP contribution in [0.4, 0.5) is 10.5 Å². The second kappa shape index (κ2) is 8.43. The molecule has 0 aliphatic carbocycles. The molecule has 20 heavy (non-hydrogen) atoms. The molecular formula is C15H24N2O3. The van der Waals surface area contributed by atoms with E-state index in [0.717, 1.165) is 12.0 Å². The van der Waals surface area contributed by atoms with Crippen molar-refractivity contribution in [3.8, 4) is 5.75 Å². The van der Waals surface area contributed by atoms with Crippen molar-refractivity contribution in [1.82, 2.24) is 5.32 Å². The van der Waals surface area contributed by atoms with Gasteiger partial charge in [-0.05, 0) is 38.0 Å². The SMILES string of the molecule is CCCOc1cc(C)ccc1NC(=O)NC(C)COC. The molecule has 0 bridgehead atoms. The largest absolute Gasteiger partial charge is 0.491 e. The summed E-state index contributed by atoms with van der Waals surface area (Å²) in [4.78, 5) is 11.9. The zero-order valence-electron chi connectivity index (χ0n) is 12.7. The van der Waals surface area contributed by atoms with Crippen LogP contribution < -0.4 is 15.4 Å². The van der Waals surface area contributed by atoms with Gasteiger partial charge in [-0.2, -0.15) is 0 Å². The van der Waals surface area contributed by atoms with E-state index < -0.39 is 0 Å². The van der Waals surface area contributed by atoms with Gasteiger partial charge in [-0.1, -0.05) is 13.0 Å². The van der Waals surface area contributed by atoms with Gasteiger partial charge in [0.15, 0.2) is 0 Å². The molecule has 0 fully saturated rings. The predicted octanol–water partition coefficient (Wildman–Crippen LogP) is 2.94. The quantitative estimate of drug-likeness (QED) is 0.807. The first-order valence-electron chi connectivity index (χ1n) is 6.86. The molecule has 1 unspecified atom stereocenters. The topological polar surface area (TPSA) is 59.6 Å². The summed E-state index contributed by atoms with van der Waals surface area (Å²) in [6.45, 7) is 7.01. The molecule has 112 valence electrons. The Morgan fingerprint density at radius 1 is 1.40 bits per heavy atom. The number of anilines is 1. The van der Waals surface area contributed by atoms with E-state index in [4.69, 9.17) is 9.47 Å². The lowest BCUT2D eigenvalue weighted by Gasteiger charge is -2.16. The van der Waals surface area contributed by atoms with Crippen LogP contribution in [0, 0.1) is 6.92 Å². The highest BCUT2D eigenvalue weighted by atomic mass is 16.5. The van der Waals surface area contributed by atoms with E-state index >= 15 is 0 Å². The maximum absolute atomic E-state index is 11.9. The number of hydrogen-bond donors (Lipinski definition) is 2. The number of urea groups is 1. The van der Waals surface area contributed by atoms with Gasteiger partial charge < -0.3 is 20.1 Å².